The number of ether oxygens (including phenoxy) is 3. The number of esters is 1. The molecule has 7 unspecified atom stereocenters. The van der Waals surface area contributed by atoms with Gasteiger partial charge in [0.05, 0.1) is 32.0 Å². The monoisotopic (exact) mass is 1030 g/mol. The molecular formula is C62H111NO10. The molecule has 1 aliphatic rings. The average Bonchev–Trinajstić information content (AvgIpc) is 3.39. The third-order valence-corrected chi connectivity index (χ3v) is 13.9. The molecule has 6 N–H and O–H groups in total. The van der Waals surface area contributed by atoms with Gasteiger partial charge in [0.2, 0.25) is 5.91 Å². The smallest absolute Gasteiger partial charge is 0.305 e. The average molecular weight is 1030 g/mol. The highest BCUT2D eigenvalue weighted by atomic mass is 16.7. The van der Waals surface area contributed by atoms with E-state index in [0.29, 0.717) is 25.9 Å². The van der Waals surface area contributed by atoms with E-state index in [0.717, 1.165) is 89.9 Å². The summed E-state index contributed by atoms with van der Waals surface area (Å²) >= 11 is 0. The summed E-state index contributed by atoms with van der Waals surface area (Å²) in [5.74, 6) is -0.233. The molecule has 0 radical (unpaired) electrons. The van der Waals surface area contributed by atoms with Crippen molar-refractivity contribution in [2.24, 2.45) is 0 Å². The zero-order chi connectivity index (χ0) is 53.1. The summed E-state index contributed by atoms with van der Waals surface area (Å²) in [7, 11) is 0. The fourth-order valence-corrected chi connectivity index (χ4v) is 9.11. The van der Waals surface area contributed by atoms with Crippen LogP contribution in [-0.4, -0.2) is 100 Å². The number of hydrogen-bond acceptors (Lipinski definition) is 10. The Bertz CT molecular complexity index is 1400. The van der Waals surface area contributed by atoms with Crippen molar-refractivity contribution in [3.05, 3.63) is 60.8 Å². The number of aliphatic hydroxyl groups is 5. The molecule has 0 aromatic rings. The lowest BCUT2D eigenvalue weighted by atomic mass is 9.99. The van der Waals surface area contributed by atoms with Crippen LogP contribution < -0.4 is 5.32 Å². The van der Waals surface area contributed by atoms with Crippen LogP contribution in [0.4, 0.5) is 0 Å². The Balaban J connectivity index is 2.02. The Morgan fingerprint density at radius 3 is 1.44 bits per heavy atom. The summed E-state index contributed by atoms with van der Waals surface area (Å²) in [6.07, 6.45) is 56.4. The van der Waals surface area contributed by atoms with Crippen LogP contribution in [0.1, 0.15) is 258 Å². The number of allylic oxidation sites excluding steroid dienone is 9. The van der Waals surface area contributed by atoms with E-state index in [1.165, 1.54) is 135 Å². The van der Waals surface area contributed by atoms with Gasteiger partial charge in [0.25, 0.3) is 0 Å². The van der Waals surface area contributed by atoms with Gasteiger partial charge in [-0.05, 0) is 103 Å². The molecule has 0 aliphatic carbocycles. The second-order valence-electron chi connectivity index (χ2n) is 20.7. The summed E-state index contributed by atoms with van der Waals surface area (Å²) in [5.41, 5.74) is 0. The first kappa shape index (κ1) is 68.4. The lowest BCUT2D eigenvalue weighted by Gasteiger charge is -2.40. The van der Waals surface area contributed by atoms with Gasteiger partial charge in [-0.1, -0.05) is 203 Å². The maximum atomic E-state index is 13.0. The number of rotatable bonds is 51. The molecule has 73 heavy (non-hydrogen) atoms. The van der Waals surface area contributed by atoms with E-state index in [2.05, 4.69) is 54.8 Å². The molecule has 1 aliphatic heterocycles. The molecule has 1 amide bonds. The van der Waals surface area contributed by atoms with Crippen LogP contribution in [0.5, 0.6) is 0 Å². The van der Waals surface area contributed by atoms with Gasteiger partial charge in [-0.3, -0.25) is 9.59 Å². The van der Waals surface area contributed by atoms with E-state index >= 15 is 0 Å². The van der Waals surface area contributed by atoms with Crippen molar-refractivity contribution < 1.29 is 49.3 Å². The maximum absolute atomic E-state index is 13.0. The van der Waals surface area contributed by atoms with E-state index in [4.69, 9.17) is 14.2 Å². The minimum atomic E-state index is -1.58. The van der Waals surface area contributed by atoms with Gasteiger partial charge in [-0.2, -0.15) is 0 Å². The number of hydrogen-bond donors (Lipinski definition) is 6. The molecule has 1 saturated heterocycles. The van der Waals surface area contributed by atoms with Gasteiger partial charge < -0.3 is 45.1 Å². The third kappa shape index (κ3) is 41.2. The number of carbonyl (C=O) groups excluding carboxylic acids is 2. The van der Waals surface area contributed by atoms with Gasteiger partial charge in [-0.15, -0.1) is 0 Å². The van der Waals surface area contributed by atoms with Gasteiger partial charge >= 0.3 is 5.97 Å². The fraction of sp³-hybridized carbons (Fsp3) is 0.806. The second kappa shape index (κ2) is 51.5. The molecule has 11 heteroatoms. The van der Waals surface area contributed by atoms with Crippen LogP contribution in [0.15, 0.2) is 60.8 Å². The number of aliphatic hydroxyl groups excluding tert-OH is 5. The van der Waals surface area contributed by atoms with Crippen molar-refractivity contribution >= 4 is 11.9 Å². The Kier molecular flexibility index (Phi) is 48.2. The molecule has 424 valence electrons. The lowest BCUT2D eigenvalue weighted by molar-refractivity contribution is -0.302. The van der Waals surface area contributed by atoms with Gasteiger partial charge in [0.15, 0.2) is 6.29 Å². The van der Waals surface area contributed by atoms with E-state index in [1.54, 1.807) is 6.08 Å². The van der Waals surface area contributed by atoms with Crippen LogP contribution in [0, 0.1) is 0 Å². The van der Waals surface area contributed by atoms with E-state index < -0.39 is 49.5 Å². The zero-order valence-corrected chi connectivity index (χ0v) is 46.6. The molecule has 0 aromatic heterocycles. The molecular weight excluding hydrogens is 919 g/mol. The summed E-state index contributed by atoms with van der Waals surface area (Å²) in [6, 6.07) is -0.845. The fourth-order valence-electron chi connectivity index (χ4n) is 9.11. The highest BCUT2D eigenvalue weighted by Gasteiger charge is 2.44. The second-order valence-corrected chi connectivity index (χ2v) is 20.7. The first-order valence-corrected chi connectivity index (χ1v) is 30.0. The van der Waals surface area contributed by atoms with E-state index in [9.17, 15) is 35.1 Å². The molecule has 7 atom stereocenters. The summed E-state index contributed by atoms with van der Waals surface area (Å²) in [6.45, 7) is 4.05. The van der Waals surface area contributed by atoms with Gasteiger partial charge in [-0.25, -0.2) is 0 Å². The lowest BCUT2D eigenvalue weighted by Crippen LogP contribution is -2.60. The molecule has 0 aromatic carbocycles. The SMILES string of the molecule is C/C=C/CC/C=C/CC/C=C/C(O)C(COC1OC(CO)C(O)C(O)C1O)NC(=O)CCCCCCC/C=C\CCCCCCCCCCCOC(=O)CCCCCCCCC/C=C\CCCCCCCCC. The predicted molar refractivity (Wildman–Crippen MR) is 301 cm³/mol. The molecule has 1 fully saturated rings. The van der Waals surface area contributed by atoms with E-state index in [1.807, 2.05) is 19.1 Å². The van der Waals surface area contributed by atoms with Crippen LogP contribution in [0.2, 0.25) is 0 Å². The molecule has 11 nitrogen and oxygen atoms in total. The number of carbonyl (C=O) groups is 2. The topological polar surface area (TPSA) is 175 Å². The molecule has 0 spiro atoms. The van der Waals surface area contributed by atoms with Crippen LogP contribution in [0.25, 0.3) is 0 Å². The maximum Gasteiger partial charge on any atom is 0.305 e. The third-order valence-electron chi connectivity index (χ3n) is 13.9. The quantitative estimate of drug-likeness (QED) is 0.0195. The van der Waals surface area contributed by atoms with Gasteiger partial charge in [0, 0.05) is 12.8 Å². The first-order chi connectivity index (χ1) is 35.7. The largest absolute Gasteiger partial charge is 0.466 e. The Morgan fingerprint density at radius 2 is 0.945 bits per heavy atom. The van der Waals surface area contributed by atoms with Crippen molar-refractivity contribution in [3.63, 3.8) is 0 Å². The molecule has 0 saturated carbocycles. The summed E-state index contributed by atoms with van der Waals surface area (Å²) in [5, 5.41) is 54.1. The van der Waals surface area contributed by atoms with Crippen molar-refractivity contribution in [1.82, 2.24) is 5.32 Å². The van der Waals surface area contributed by atoms with Crippen LogP contribution in [-0.2, 0) is 23.8 Å². The van der Waals surface area contributed by atoms with Crippen LogP contribution >= 0.6 is 0 Å². The highest BCUT2D eigenvalue weighted by molar-refractivity contribution is 5.76. The minimum Gasteiger partial charge on any atom is -0.466 e. The Morgan fingerprint density at radius 1 is 0.521 bits per heavy atom. The Hall–Kier alpha value is -2.64. The summed E-state index contributed by atoms with van der Waals surface area (Å²) in [4.78, 5) is 25.1. The highest BCUT2D eigenvalue weighted by Crippen LogP contribution is 2.23. The van der Waals surface area contributed by atoms with E-state index in [-0.39, 0.29) is 18.5 Å². The Labute approximate surface area is 446 Å². The van der Waals surface area contributed by atoms with Crippen molar-refractivity contribution in [3.8, 4) is 0 Å². The summed E-state index contributed by atoms with van der Waals surface area (Å²) < 4.78 is 16.7. The number of unbranched alkanes of at least 4 members (excludes halogenated alkanes) is 30. The van der Waals surface area contributed by atoms with Gasteiger partial charge in [0.1, 0.15) is 24.4 Å². The predicted octanol–water partition coefficient (Wildman–Crippen LogP) is 13.8. The van der Waals surface area contributed by atoms with Crippen LogP contribution in [0.3, 0.4) is 0 Å². The number of amides is 1. The molecule has 0 bridgehead atoms. The first-order valence-electron chi connectivity index (χ1n) is 30.0. The van der Waals surface area contributed by atoms with Crippen molar-refractivity contribution in [2.75, 3.05) is 19.8 Å². The number of nitrogens with one attached hydrogen (secondary N) is 1. The zero-order valence-electron chi connectivity index (χ0n) is 46.6. The standard InChI is InChI=1S/C62H111NO10/c1-3-5-7-9-11-13-14-15-16-17-21-24-27-30-34-38-42-46-50-58(67)71-51-47-43-39-35-31-28-25-22-19-18-20-23-26-29-33-37-41-45-49-57(66)63-54(55(65)48-44-40-36-32-12-10-8-6-4-2)53-72-62-61(70)60(69)59(68)56(52-64)73-62/h4,6,12,16-17,20,23,32,44,48,54-56,59-62,64-65,68-70H,3,5,7-11,13-15,18-19,21-22,24-31,33-43,45-47,49-53H2,1-2H3,(H,63,66)/b6-4+,17-16-,23-20-,32-12+,48-44+. The molecule has 1 rings (SSSR count). The minimum absolute atomic E-state index is 0.0178. The normalized spacial score (nSPS) is 19.4. The van der Waals surface area contributed by atoms with Crippen molar-refractivity contribution in [1.29, 1.82) is 0 Å². The van der Waals surface area contributed by atoms with Crippen molar-refractivity contribution in [2.45, 2.75) is 301 Å². The molecule has 1 heterocycles.